The summed E-state index contributed by atoms with van der Waals surface area (Å²) in [6.07, 6.45) is -1.03. The van der Waals surface area contributed by atoms with Crippen LogP contribution in [0.1, 0.15) is 46.7 Å². The maximum absolute atomic E-state index is 6.49. The van der Waals surface area contributed by atoms with Gasteiger partial charge in [-0.05, 0) is 22.3 Å². The maximum Gasteiger partial charge on any atom is 0.489 e. The Hall–Kier alpha value is -3.15. The van der Waals surface area contributed by atoms with Gasteiger partial charge in [0.1, 0.15) is 0 Å². The van der Waals surface area contributed by atoms with Gasteiger partial charge in [0, 0.05) is 0 Å². The summed E-state index contributed by atoms with van der Waals surface area (Å²) in [5, 5.41) is 0. The number of hydrogen-bond acceptors (Lipinski definition) is 4. The molecule has 4 nitrogen and oxygen atoms in total. The molecular formula is C28H24B2O4. The van der Waals surface area contributed by atoms with Crippen LogP contribution >= 0.6 is 0 Å². The molecule has 0 N–H and O–H groups in total. The molecule has 2 fully saturated rings. The Balaban J connectivity index is 1.31. The van der Waals surface area contributed by atoms with Gasteiger partial charge in [0.2, 0.25) is 0 Å². The fourth-order valence-electron chi connectivity index (χ4n) is 4.77. The number of benzene rings is 4. The largest absolute Gasteiger partial charge is 0.489 e. The van der Waals surface area contributed by atoms with Gasteiger partial charge < -0.3 is 18.6 Å². The van der Waals surface area contributed by atoms with Crippen LogP contribution in [0.4, 0.5) is 0 Å². The lowest BCUT2D eigenvalue weighted by atomic mass is 9.49. The van der Waals surface area contributed by atoms with Crippen LogP contribution in [-0.4, -0.2) is 14.0 Å². The summed E-state index contributed by atoms with van der Waals surface area (Å²) in [7, 11) is -1.31. The van der Waals surface area contributed by atoms with Crippen LogP contribution < -0.4 is 0 Å². The summed E-state index contributed by atoms with van der Waals surface area (Å²) < 4.78 is 26.0. The van der Waals surface area contributed by atoms with Crippen molar-refractivity contribution in [1.29, 1.82) is 0 Å². The van der Waals surface area contributed by atoms with Gasteiger partial charge in [-0.1, -0.05) is 121 Å². The van der Waals surface area contributed by atoms with E-state index in [2.05, 4.69) is 48.5 Å². The molecular weight excluding hydrogens is 422 g/mol. The zero-order chi connectivity index (χ0) is 22.7. The van der Waals surface area contributed by atoms with Crippen LogP contribution in [-0.2, 0) is 18.6 Å². The molecule has 0 amide bonds. The van der Waals surface area contributed by atoms with E-state index in [-0.39, 0.29) is 24.4 Å². The molecule has 34 heavy (non-hydrogen) atoms. The first-order valence-electron chi connectivity index (χ1n) is 11.7. The molecule has 0 aliphatic carbocycles. The SMILES string of the molecule is c1ccc([C@@H]2OB(B3O[C@@H](c4ccccc4)[C@H](c4ccccc4)O3)O[C@H]2c2ccccc2)cc1. The molecule has 6 rings (SSSR count). The fraction of sp³-hybridized carbons (Fsp3) is 0.143. The van der Waals surface area contributed by atoms with E-state index in [1.807, 2.05) is 72.8 Å². The maximum atomic E-state index is 6.49. The van der Waals surface area contributed by atoms with Crippen molar-refractivity contribution in [2.45, 2.75) is 24.4 Å². The summed E-state index contributed by atoms with van der Waals surface area (Å²) in [6.45, 7) is 0. The Bertz CT molecular complexity index is 1000. The average Bonchev–Trinajstić information content (AvgIpc) is 3.56. The van der Waals surface area contributed by atoms with E-state index >= 15 is 0 Å². The zero-order valence-electron chi connectivity index (χ0n) is 18.6. The van der Waals surface area contributed by atoms with Crippen molar-refractivity contribution < 1.29 is 18.6 Å². The predicted molar refractivity (Wildman–Crippen MR) is 133 cm³/mol. The van der Waals surface area contributed by atoms with Crippen molar-refractivity contribution in [1.82, 2.24) is 0 Å². The van der Waals surface area contributed by atoms with Crippen LogP contribution in [0.3, 0.4) is 0 Å². The van der Waals surface area contributed by atoms with E-state index in [1.54, 1.807) is 0 Å². The van der Waals surface area contributed by atoms with E-state index in [0.717, 1.165) is 22.3 Å². The van der Waals surface area contributed by atoms with Gasteiger partial charge in [-0.25, -0.2) is 0 Å². The minimum atomic E-state index is -0.657. The minimum absolute atomic E-state index is 0.258. The number of hydrogen-bond donors (Lipinski definition) is 0. The second-order valence-electron chi connectivity index (χ2n) is 8.61. The summed E-state index contributed by atoms with van der Waals surface area (Å²) in [5.41, 5.74) is 4.26. The molecule has 2 aliphatic rings. The van der Waals surface area contributed by atoms with Crippen molar-refractivity contribution in [3.8, 4) is 0 Å². The first kappa shape index (κ1) is 21.4. The van der Waals surface area contributed by atoms with E-state index in [0.29, 0.717) is 0 Å². The standard InChI is InChI=1S/C28H24B2O4/c1-5-13-21(14-6-1)25-26(22-15-7-2-8-16-22)32-29(31-25)30-33-27(23-17-9-3-10-18-23)28(34-30)24-19-11-4-12-20-24/h1-20,25-28H/t25-,26-,27-,28-/m0/s1. The highest BCUT2D eigenvalue weighted by Gasteiger charge is 2.56. The summed E-state index contributed by atoms with van der Waals surface area (Å²) in [4.78, 5) is 0. The molecule has 0 saturated carbocycles. The lowest BCUT2D eigenvalue weighted by Gasteiger charge is -2.19. The van der Waals surface area contributed by atoms with Gasteiger partial charge >= 0.3 is 14.0 Å². The van der Waals surface area contributed by atoms with Gasteiger partial charge in [0.15, 0.2) is 0 Å². The Morgan fingerprint density at radius 3 is 0.735 bits per heavy atom. The second-order valence-corrected chi connectivity index (χ2v) is 8.61. The molecule has 6 heteroatoms. The Morgan fingerprint density at radius 1 is 0.324 bits per heavy atom. The van der Waals surface area contributed by atoms with Gasteiger partial charge in [0.25, 0.3) is 0 Å². The van der Waals surface area contributed by atoms with Gasteiger partial charge in [-0.2, -0.15) is 0 Å². The second kappa shape index (κ2) is 9.61. The molecule has 166 valence electrons. The molecule has 4 aromatic carbocycles. The van der Waals surface area contributed by atoms with Crippen molar-refractivity contribution >= 4 is 14.0 Å². The first-order chi connectivity index (χ1) is 16.9. The number of rotatable bonds is 5. The highest BCUT2D eigenvalue weighted by atomic mass is 16.7. The topological polar surface area (TPSA) is 36.9 Å². The highest BCUT2D eigenvalue weighted by molar-refractivity contribution is 7.11. The zero-order valence-corrected chi connectivity index (χ0v) is 18.6. The van der Waals surface area contributed by atoms with E-state index < -0.39 is 14.0 Å². The normalized spacial score (nSPS) is 24.5. The molecule has 0 radical (unpaired) electrons. The molecule has 2 saturated heterocycles. The minimum Gasteiger partial charge on any atom is -0.403 e. The van der Waals surface area contributed by atoms with Gasteiger partial charge in [-0.3, -0.25) is 0 Å². The molecule has 0 bridgehead atoms. The Labute approximate surface area is 200 Å². The summed E-state index contributed by atoms with van der Waals surface area (Å²) in [6, 6.07) is 40.8. The van der Waals surface area contributed by atoms with E-state index in [9.17, 15) is 0 Å². The van der Waals surface area contributed by atoms with Crippen LogP contribution in [0.2, 0.25) is 0 Å². The van der Waals surface area contributed by atoms with E-state index in [4.69, 9.17) is 18.6 Å². The van der Waals surface area contributed by atoms with E-state index in [1.165, 1.54) is 0 Å². The summed E-state index contributed by atoms with van der Waals surface area (Å²) in [5.74, 6) is 0. The molecule has 4 atom stereocenters. The quantitative estimate of drug-likeness (QED) is 0.348. The summed E-state index contributed by atoms with van der Waals surface area (Å²) >= 11 is 0. The molecule has 2 heterocycles. The van der Waals surface area contributed by atoms with Gasteiger partial charge in [-0.15, -0.1) is 0 Å². The molecule has 0 spiro atoms. The van der Waals surface area contributed by atoms with Crippen molar-refractivity contribution in [3.05, 3.63) is 144 Å². The predicted octanol–water partition coefficient (Wildman–Crippen LogP) is 6.10. The third kappa shape index (κ3) is 4.22. The molecule has 0 unspecified atom stereocenters. The van der Waals surface area contributed by atoms with Gasteiger partial charge in [0.05, 0.1) is 24.4 Å². The van der Waals surface area contributed by atoms with Crippen molar-refractivity contribution in [3.63, 3.8) is 0 Å². The van der Waals surface area contributed by atoms with Crippen molar-refractivity contribution in [2.75, 3.05) is 0 Å². The van der Waals surface area contributed by atoms with Crippen LogP contribution in [0.25, 0.3) is 0 Å². The van der Waals surface area contributed by atoms with Crippen LogP contribution in [0.15, 0.2) is 121 Å². The third-order valence-electron chi connectivity index (χ3n) is 6.41. The average molecular weight is 446 g/mol. The lowest BCUT2D eigenvalue weighted by molar-refractivity contribution is 0.159. The molecule has 2 aliphatic heterocycles. The first-order valence-corrected chi connectivity index (χ1v) is 11.7. The molecule has 0 aromatic heterocycles. The van der Waals surface area contributed by atoms with Crippen LogP contribution in [0.5, 0.6) is 0 Å². The third-order valence-corrected chi connectivity index (χ3v) is 6.41. The monoisotopic (exact) mass is 446 g/mol. The lowest BCUT2D eigenvalue weighted by Crippen LogP contribution is -2.39. The van der Waals surface area contributed by atoms with Crippen LogP contribution in [0, 0.1) is 0 Å². The Kier molecular flexibility index (Phi) is 6.04. The fourth-order valence-corrected chi connectivity index (χ4v) is 4.77. The molecule has 4 aromatic rings. The highest BCUT2D eigenvalue weighted by Crippen LogP contribution is 2.46. The van der Waals surface area contributed by atoms with Crippen molar-refractivity contribution in [2.24, 2.45) is 0 Å². The smallest absolute Gasteiger partial charge is 0.403 e. The Morgan fingerprint density at radius 2 is 0.529 bits per heavy atom.